The number of para-hydroxylation sites is 1. The molecule has 0 saturated carbocycles. The number of fused-ring (bicyclic) bond motifs is 3. The van der Waals surface area contributed by atoms with E-state index in [9.17, 15) is 14.8 Å². The molecule has 0 aliphatic carbocycles. The molecule has 0 aliphatic rings. The van der Waals surface area contributed by atoms with Crippen LogP contribution in [-0.4, -0.2) is 14.5 Å². The zero-order chi connectivity index (χ0) is 16.8. The lowest BCUT2D eigenvalue weighted by molar-refractivity contribution is 0.156. The molecule has 0 unspecified atom stereocenters. The van der Waals surface area contributed by atoms with Gasteiger partial charge in [-0.3, -0.25) is 9.36 Å². The average molecular weight is 387 g/mol. The van der Waals surface area contributed by atoms with Gasteiger partial charge < -0.3 is 9.62 Å². The predicted octanol–water partition coefficient (Wildman–Crippen LogP) is 2.96. The third-order valence-electron chi connectivity index (χ3n) is 3.92. The van der Waals surface area contributed by atoms with Crippen LogP contribution in [0.1, 0.15) is 5.56 Å². The number of aromatic nitrogens is 2. The Morgan fingerprint density at radius 1 is 1.04 bits per heavy atom. The largest absolute Gasteiger partial charge is 0.448 e. The summed E-state index contributed by atoms with van der Waals surface area (Å²) in [5, 5.41) is 10.5. The summed E-state index contributed by atoms with van der Waals surface area (Å²) >= 11 is 3.45. The quantitative estimate of drug-likeness (QED) is 0.537. The summed E-state index contributed by atoms with van der Waals surface area (Å²) in [4.78, 5) is 24.7. The Hall–Kier alpha value is -2.80. The topological polar surface area (TPSA) is 77.4 Å². The smallest absolute Gasteiger partial charge is 0.365 e. The maximum absolute atomic E-state index is 12.5. The van der Waals surface area contributed by atoms with Crippen LogP contribution in [0.4, 0.5) is 0 Å². The fourth-order valence-corrected chi connectivity index (χ4v) is 3.19. The molecule has 0 saturated heterocycles. The van der Waals surface area contributed by atoms with Crippen molar-refractivity contribution in [3.05, 3.63) is 79.4 Å². The summed E-state index contributed by atoms with van der Waals surface area (Å²) in [6.45, 7) is 0.182. The lowest BCUT2D eigenvalue weighted by atomic mass is 10.2. The number of hydrogen-bond donors (Lipinski definition) is 1. The molecule has 0 bridgehead atoms. The van der Waals surface area contributed by atoms with Gasteiger partial charge in [-0.15, -0.1) is 0 Å². The van der Waals surface area contributed by atoms with Gasteiger partial charge in [-0.05, 0) is 23.8 Å². The van der Waals surface area contributed by atoms with Gasteiger partial charge in [0.2, 0.25) is 5.58 Å². The molecule has 120 valence electrons. The van der Waals surface area contributed by atoms with Crippen molar-refractivity contribution in [3.8, 4) is 0 Å². The van der Waals surface area contributed by atoms with E-state index in [4.69, 9.17) is 4.42 Å². The molecule has 1 N–H and O–H groups in total. The number of rotatable bonds is 2. The molecule has 0 amide bonds. The molecule has 2 aromatic heterocycles. The van der Waals surface area contributed by atoms with Crippen LogP contribution < -0.4 is 11.2 Å². The average Bonchev–Trinajstić information content (AvgIpc) is 2.98. The highest BCUT2D eigenvalue weighted by Crippen LogP contribution is 2.26. The molecule has 4 rings (SSSR count). The first-order valence-corrected chi connectivity index (χ1v) is 7.97. The van der Waals surface area contributed by atoms with Crippen LogP contribution in [0.25, 0.3) is 22.1 Å². The molecule has 6 nitrogen and oxygen atoms in total. The van der Waals surface area contributed by atoms with E-state index >= 15 is 0 Å². The van der Waals surface area contributed by atoms with Gasteiger partial charge in [-0.2, -0.15) is 0 Å². The van der Waals surface area contributed by atoms with Gasteiger partial charge >= 0.3 is 11.2 Å². The van der Waals surface area contributed by atoms with Crippen molar-refractivity contribution in [3.63, 3.8) is 0 Å². The first-order valence-electron chi connectivity index (χ1n) is 7.17. The highest BCUT2D eigenvalue weighted by atomic mass is 79.9. The number of furan rings is 1. The van der Waals surface area contributed by atoms with Crippen molar-refractivity contribution in [2.45, 2.75) is 6.54 Å². The van der Waals surface area contributed by atoms with Gasteiger partial charge in [0.05, 0.1) is 6.54 Å². The zero-order valence-electron chi connectivity index (χ0n) is 12.3. The molecule has 2 heterocycles. The minimum absolute atomic E-state index is 0.0506. The van der Waals surface area contributed by atoms with Gasteiger partial charge in [0.1, 0.15) is 11.1 Å². The number of nitrogens with zero attached hydrogens (tertiary/aromatic N) is 2. The zero-order valence-corrected chi connectivity index (χ0v) is 13.9. The molecule has 24 heavy (non-hydrogen) atoms. The molecule has 0 atom stereocenters. The third-order valence-corrected chi connectivity index (χ3v) is 4.70. The lowest BCUT2D eigenvalue weighted by Crippen LogP contribution is -2.38. The Kier molecular flexibility index (Phi) is 3.31. The Balaban J connectivity index is 2.12. The molecule has 0 fully saturated rings. The molecule has 0 spiro atoms. The van der Waals surface area contributed by atoms with Crippen LogP contribution in [0.3, 0.4) is 0 Å². The summed E-state index contributed by atoms with van der Waals surface area (Å²) in [6, 6.07) is 14.5. The SMILES string of the molecule is O=c1c2oc3ccccc3c2n(Cc2ccccc2Br)c(=O)n1O. The number of halogens is 1. The highest BCUT2D eigenvalue weighted by molar-refractivity contribution is 9.10. The van der Waals surface area contributed by atoms with Crippen LogP contribution >= 0.6 is 15.9 Å². The van der Waals surface area contributed by atoms with E-state index in [1.165, 1.54) is 4.57 Å². The van der Waals surface area contributed by atoms with Crippen molar-refractivity contribution in [2.24, 2.45) is 0 Å². The Morgan fingerprint density at radius 3 is 2.54 bits per heavy atom. The van der Waals surface area contributed by atoms with Crippen molar-refractivity contribution in [1.29, 1.82) is 0 Å². The molecular formula is C17H11BrN2O4. The lowest BCUT2D eigenvalue weighted by Gasteiger charge is -2.10. The van der Waals surface area contributed by atoms with Crippen molar-refractivity contribution >= 4 is 38.0 Å². The van der Waals surface area contributed by atoms with Crippen LogP contribution in [0.15, 0.2) is 67.0 Å². The van der Waals surface area contributed by atoms with Gasteiger partial charge in [0, 0.05) is 9.86 Å². The second kappa shape index (κ2) is 5.38. The van der Waals surface area contributed by atoms with E-state index in [-0.39, 0.29) is 16.9 Å². The van der Waals surface area contributed by atoms with E-state index in [1.807, 2.05) is 24.3 Å². The van der Waals surface area contributed by atoms with Crippen molar-refractivity contribution < 1.29 is 9.62 Å². The second-order valence-corrected chi connectivity index (χ2v) is 6.21. The Labute approximate surface area is 143 Å². The maximum atomic E-state index is 12.5. The van der Waals surface area contributed by atoms with E-state index in [0.29, 0.717) is 16.5 Å². The third kappa shape index (κ3) is 2.09. The maximum Gasteiger partial charge on any atom is 0.365 e. The summed E-state index contributed by atoms with van der Waals surface area (Å²) in [6.07, 6.45) is 0. The molecule has 2 aromatic carbocycles. The molecule has 4 aromatic rings. The number of benzene rings is 2. The highest BCUT2D eigenvalue weighted by Gasteiger charge is 2.19. The Bertz CT molecular complexity index is 1200. The fraction of sp³-hybridized carbons (Fsp3) is 0.0588. The van der Waals surface area contributed by atoms with Crippen molar-refractivity contribution in [1.82, 2.24) is 9.30 Å². The van der Waals surface area contributed by atoms with E-state index in [1.54, 1.807) is 24.3 Å². The minimum Gasteiger partial charge on any atom is -0.448 e. The minimum atomic E-state index is -0.866. The summed E-state index contributed by atoms with van der Waals surface area (Å²) in [7, 11) is 0. The monoisotopic (exact) mass is 386 g/mol. The van der Waals surface area contributed by atoms with Gasteiger partial charge in [-0.1, -0.05) is 51.0 Å². The molecule has 0 aliphatic heterocycles. The fourth-order valence-electron chi connectivity index (χ4n) is 2.78. The Morgan fingerprint density at radius 2 is 1.75 bits per heavy atom. The van der Waals surface area contributed by atoms with Crippen LogP contribution in [0, 0.1) is 0 Å². The molecule has 7 heteroatoms. The van der Waals surface area contributed by atoms with E-state index in [2.05, 4.69) is 15.9 Å². The first-order chi connectivity index (χ1) is 11.6. The molecular weight excluding hydrogens is 376 g/mol. The van der Waals surface area contributed by atoms with Gasteiger partial charge in [-0.25, -0.2) is 4.79 Å². The molecule has 0 radical (unpaired) electrons. The van der Waals surface area contributed by atoms with Crippen LogP contribution in [0.2, 0.25) is 0 Å². The normalized spacial score (nSPS) is 11.4. The van der Waals surface area contributed by atoms with E-state index < -0.39 is 11.2 Å². The second-order valence-electron chi connectivity index (χ2n) is 5.35. The summed E-state index contributed by atoms with van der Waals surface area (Å²) in [5.41, 5.74) is -0.0303. The predicted molar refractivity (Wildman–Crippen MR) is 92.7 cm³/mol. The van der Waals surface area contributed by atoms with Crippen molar-refractivity contribution in [2.75, 3.05) is 0 Å². The number of hydrogen-bond acceptors (Lipinski definition) is 4. The van der Waals surface area contributed by atoms with Crippen LogP contribution in [-0.2, 0) is 6.54 Å². The van der Waals surface area contributed by atoms with Gasteiger partial charge in [0.15, 0.2) is 0 Å². The van der Waals surface area contributed by atoms with Crippen LogP contribution in [0.5, 0.6) is 0 Å². The summed E-state index contributed by atoms with van der Waals surface area (Å²) < 4.78 is 7.81. The standard InChI is InChI=1S/C17H11BrN2O4/c18-12-7-3-1-5-10(12)9-19-14-11-6-2-4-8-13(11)24-15(14)16(21)20(23)17(19)22/h1-8,23H,9H2. The van der Waals surface area contributed by atoms with E-state index in [0.717, 1.165) is 10.0 Å². The van der Waals surface area contributed by atoms with Gasteiger partial charge in [0.25, 0.3) is 0 Å². The summed E-state index contributed by atoms with van der Waals surface area (Å²) in [5.74, 6) is 0. The first kappa shape index (κ1) is 14.8.